The Hall–Kier alpha value is -1.89. The number of nitrogens with zero attached hydrogens (tertiary/aromatic N) is 1. The molecule has 0 bridgehead atoms. The number of hydrogen-bond acceptors (Lipinski definition) is 4. The minimum atomic E-state index is -0.612. The number of nitrogens with one attached hydrogen (secondary N) is 3. The molecule has 7 nitrogen and oxygen atoms in total. The van der Waals surface area contributed by atoms with E-state index in [4.69, 9.17) is 5.73 Å². The zero-order chi connectivity index (χ0) is 12.3. The highest BCUT2D eigenvalue weighted by Gasteiger charge is 2.22. The molecule has 0 spiro atoms. The van der Waals surface area contributed by atoms with Crippen molar-refractivity contribution in [1.82, 2.24) is 15.5 Å². The average Bonchev–Trinajstić information content (AvgIpc) is 2.78. The van der Waals surface area contributed by atoms with Gasteiger partial charge in [0.15, 0.2) is 0 Å². The summed E-state index contributed by atoms with van der Waals surface area (Å²) in [4.78, 5) is 22.9. The normalized spacial score (nSPS) is 16.7. The largest absolute Gasteiger partial charge is 0.365 e. The number of carbonyl (C=O) groups excluding carboxylic acids is 2. The quantitative estimate of drug-likeness (QED) is 0.564. The molecule has 1 aromatic heterocycles. The van der Waals surface area contributed by atoms with E-state index in [1.54, 1.807) is 0 Å². The minimum absolute atomic E-state index is 0.0275. The zero-order valence-corrected chi connectivity index (χ0v) is 9.32. The molecule has 0 saturated carbocycles. The first-order chi connectivity index (χ1) is 8.18. The van der Waals surface area contributed by atoms with Crippen LogP contribution in [-0.2, 0) is 4.79 Å². The number of anilines is 1. The Morgan fingerprint density at radius 1 is 1.41 bits per heavy atom. The number of H-pyrrole nitrogens is 1. The first-order valence-electron chi connectivity index (χ1n) is 5.53. The highest BCUT2D eigenvalue weighted by atomic mass is 16.2. The molecule has 0 radical (unpaired) electrons. The Kier molecular flexibility index (Phi) is 3.38. The van der Waals surface area contributed by atoms with Crippen LogP contribution in [0, 0.1) is 5.92 Å². The Labute approximate surface area is 98.1 Å². The van der Waals surface area contributed by atoms with Crippen molar-refractivity contribution in [1.29, 1.82) is 0 Å². The van der Waals surface area contributed by atoms with E-state index in [2.05, 4.69) is 20.8 Å². The number of piperidine rings is 1. The van der Waals surface area contributed by atoms with Crippen molar-refractivity contribution < 1.29 is 9.59 Å². The van der Waals surface area contributed by atoms with Gasteiger partial charge in [0.25, 0.3) is 5.91 Å². The molecule has 2 heterocycles. The Morgan fingerprint density at radius 3 is 2.76 bits per heavy atom. The fourth-order valence-electron chi connectivity index (χ4n) is 1.88. The second-order valence-corrected chi connectivity index (χ2v) is 4.04. The Morgan fingerprint density at radius 2 is 2.12 bits per heavy atom. The Balaban J connectivity index is 2.02. The van der Waals surface area contributed by atoms with Crippen LogP contribution in [0.5, 0.6) is 0 Å². The minimum Gasteiger partial charge on any atom is -0.365 e. The molecule has 0 unspecified atom stereocenters. The summed E-state index contributed by atoms with van der Waals surface area (Å²) in [5.74, 6) is -0.459. The lowest BCUT2D eigenvalue weighted by molar-refractivity contribution is -0.120. The Bertz CT molecular complexity index is 422. The van der Waals surface area contributed by atoms with Crippen LogP contribution in [0.2, 0.25) is 0 Å². The predicted molar refractivity (Wildman–Crippen MR) is 61.3 cm³/mol. The third-order valence-corrected chi connectivity index (χ3v) is 2.86. The summed E-state index contributed by atoms with van der Waals surface area (Å²) in [6, 6.07) is 0. The third kappa shape index (κ3) is 2.62. The van der Waals surface area contributed by atoms with Gasteiger partial charge < -0.3 is 16.4 Å². The number of aromatic nitrogens is 2. The fraction of sp³-hybridized carbons (Fsp3) is 0.500. The average molecular weight is 237 g/mol. The fourth-order valence-corrected chi connectivity index (χ4v) is 1.88. The summed E-state index contributed by atoms with van der Waals surface area (Å²) in [6.45, 7) is 1.67. The van der Waals surface area contributed by atoms with Crippen LogP contribution in [0.25, 0.3) is 0 Å². The van der Waals surface area contributed by atoms with E-state index in [9.17, 15) is 9.59 Å². The summed E-state index contributed by atoms with van der Waals surface area (Å²) < 4.78 is 0. The highest BCUT2D eigenvalue weighted by molar-refractivity contribution is 6.02. The molecule has 2 rings (SSSR count). The van der Waals surface area contributed by atoms with Crippen molar-refractivity contribution in [3.63, 3.8) is 0 Å². The van der Waals surface area contributed by atoms with Gasteiger partial charge in [-0.25, -0.2) is 0 Å². The van der Waals surface area contributed by atoms with Gasteiger partial charge in [0.2, 0.25) is 5.91 Å². The van der Waals surface area contributed by atoms with Gasteiger partial charge in [0.1, 0.15) is 11.4 Å². The van der Waals surface area contributed by atoms with E-state index in [1.807, 2.05) is 0 Å². The second kappa shape index (κ2) is 4.96. The SMILES string of the molecule is NC(=O)c1cn[nH]c1NC(=O)C1CCNCC1. The second-order valence-electron chi connectivity index (χ2n) is 4.04. The molecule has 1 saturated heterocycles. The van der Waals surface area contributed by atoms with E-state index < -0.39 is 5.91 Å². The smallest absolute Gasteiger partial charge is 0.254 e. The van der Waals surface area contributed by atoms with E-state index in [0.29, 0.717) is 0 Å². The van der Waals surface area contributed by atoms with Crippen LogP contribution in [0.1, 0.15) is 23.2 Å². The summed E-state index contributed by atoms with van der Waals surface area (Å²) in [6.07, 6.45) is 2.90. The number of rotatable bonds is 3. The summed E-state index contributed by atoms with van der Waals surface area (Å²) in [5.41, 5.74) is 5.35. The number of carbonyl (C=O) groups is 2. The summed E-state index contributed by atoms with van der Waals surface area (Å²) >= 11 is 0. The number of hydrogen-bond donors (Lipinski definition) is 4. The third-order valence-electron chi connectivity index (χ3n) is 2.86. The molecule has 7 heteroatoms. The van der Waals surface area contributed by atoms with Crippen molar-refractivity contribution >= 4 is 17.6 Å². The lowest BCUT2D eigenvalue weighted by Crippen LogP contribution is -2.35. The molecule has 17 heavy (non-hydrogen) atoms. The molecule has 92 valence electrons. The van der Waals surface area contributed by atoms with Gasteiger partial charge in [0, 0.05) is 5.92 Å². The monoisotopic (exact) mass is 237 g/mol. The van der Waals surface area contributed by atoms with E-state index in [1.165, 1.54) is 6.20 Å². The molecule has 5 N–H and O–H groups in total. The zero-order valence-electron chi connectivity index (χ0n) is 9.32. The molecule has 1 aliphatic rings. The standard InChI is InChI=1S/C10H15N5O2/c11-8(16)7-5-13-15-9(7)14-10(17)6-1-3-12-4-2-6/h5-6,12H,1-4H2,(H2,11,16)(H2,13,14,15,17). The molecule has 0 aliphatic carbocycles. The molecule has 1 fully saturated rings. The van der Waals surface area contributed by atoms with Crippen LogP contribution in [0.15, 0.2) is 6.20 Å². The van der Waals surface area contributed by atoms with E-state index in [0.717, 1.165) is 25.9 Å². The van der Waals surface area contributed by atoms with Crippen molar-refractivity contribution in [2.45, 2.75) is 12.8 Å². The van der Waals surface area contributed by atoms with Crippen molar-refractivity contribution in [3.8, 4) is 0 Å². The van der Waals surface area contributed by atoms with Crippen LogP contribution >= 0.6 is 0 Å². The lowest BCUT2D eigenvalue weighted by Gasteiger charge is -2.21. The van der Waals surface area contributed by atoms with Crippen molar-refractivity contribution in [2.75, 3.05) is 18.4 Å². The predicted octanol–water partition coefficient (Wildman–Crippen LogP) is -0.553. The van der Waals surface area contributed by atoms with Crippen molar-refractivity contribution in [2.24, 2.45) is 11.7 Å². The van der Waals surface area contributed by atoms with Gasteiger partial charge in [-0.05, 0) is 25.9 Å². The topological polar surface area (TPSA) is 113 Å². The number of nitrogens with two attached hydrogens (primary N) is 1. The van der Waals surface area contributed by atoms with Gasteiger partial charge in [0.05, 0.1) is 6.20 Å². The van der Waals surface area contributed by atoms with Crippen LogP contribution in [0.3, 0.4) is 0 Å². The van der Waals surface area contributed by atoms with Crippen LogP contribution in [-0.4, -0.2) is 35.1 Å². The molecular weight excluding hydrogens is 222 g/mol. The maximum atomic E-state index is 11.9. The summed E-state index contributed by atoms with van der Waals surface area (Å²) in [7, 11) is 0. The van der Waals surface area contributed by atoms with Crippen molar-refractivity contribution in [3.05, 3.63) is 11.8 Å². The molecule has 2 amide bonds. The molecule has 0 atom stereocenters. The highest BCUT2D eigenvalue weighted by Crippen LogP contribution is 2.16. The lowest BCUT2D eigenvalue weighted by atomic mass is 9.97. The molecule has 1 aromatic rings. The van der Waals surface area contributed by atoms with Gasteiger partial charge in [-0.3, -0.25) is 14.7 Å². The van der Waals surface area contributed by atoms with Gasteiger partial charge in [-0.1, -0.05) is 0 Å². The van der Waals surface area contributed by atoms with Crippen LogP contribution < -0.4 is 16.4 Å². The number of aromatic amines is 1. The molecule has 0 aromatic carbocycles. The van der Waals surface area contributed by atoms with Gasteiger partial charge in [-0.15, -0.1) is 0 Å². The maximum absolute atomic E-state index is 11.9. The maximum Gasteiger partial charge on any atom is 0.254 e. The number of primary amides is 1. The van der Waals surface area contributed by atoms with Gasteiger partial charge in [-0.2, -0.15) is 5.10 Å². The summed E-state index contributed by atoms with van der Waals surface area (Å²) in [5, 5.41) is 12.1. The molecular formula is C10H15N5O2. The van der Waals surface area contributed by atoms with E-state index >= 15 is 0 Å². The number of amides is 2. The van der Waals surface area contributed by atoms with E-state index in [-0.39, 0.29) is 23.2 Å². The molecule has 1 aliphatic heterocycles. The van der Waals surface area contributed by atoms with Crippen LogP contribution in [0.4, 0.5) is 5.82 Å². The first kappa shape index (κ1) is 11.6. The van der Waals surface area contributed by atoms with Gasteiger partial charge >= 0.3 is 0 Å². The first-order valence-corrected chi connectivity index (χ1v) is 5.53.